The molecule has 1 aromatic carbocycles. The van der Waals surface area contributed by atoms with E-state index in [-0.39, 0.29) is 5.41 Å². The molecule has 2 rings (SSSR count). The van der Waals surface area contributed by atoms with E-state index in [0.29, 0.717) is 12.0 Å². The van der Waals surface area contributed by atoms with Gasteiger partial charge in [-0.2, -0.15) is 0 Å². The largest absolute Gasteiger partial charge is 0.319 e. The smallest absolute Gasteiger partial charge is 0.162 e. The molecule has 0 aliphatic heterocycles. The van der Waals surface area contributed by atoms with Gasteiger partial charge in [0.05, 0.1) is 0 Å². The molecule has 0 radical (unpaired) electrons. The van der Waals surface area contributed by atoms with Gasteiger partial charge in [0.1, 0.15) is 0 Å². The van der Waals surface area contributed by atoms with Gasteiger partial charge in [0.25, 0.3) is 0 Å². The lowest BCUT2D eigenvalue weighted by molar-refractivity contribution is 0.281. The van der Waals surface area contributed by atoms with Crippen LogP contribution in [0.5, 0.6) is 0 Å². The van der Waals surface area contributed by atoms with E-state index in [1.54, 1.807) is 12.1 Å². The topological polar surface area (TPSA) is 12.0 Å². The zero-order valence-electron chi connectivity index (χ0n) is 10.2. The van der Waals surface area contributed by atoms with Crippen molar-refractivity contribution in [2.24, 2.45) is 5.41 Å². The molecule has 0 atom stereocenters. The fourth-order valence-electron chi connectivity index (χ4n) is 3.01. The molecular formula is C14H19F2N. The predicted molar refractivity (Wildman–Crippen MR) is 64.9 cm³/mol. The number of hydrogen-bond acceptors (Lipinski definition) is 1. The van der Waals surface area contributed by atoms with Crippen LogP contribution in [0.1, 0.15) is 31.2 Å². The van der Waals surface area contributed by atoms with Gasteiger partial charge in [0.2, 0.25) is 0 Å². The second kappa shape index (κ2) is 5.13. The van der Waals surface area contributed by atoms with Crippen LogP contribution in [-0.2, 0) is 6.42 Å². The maximum atomic E-state index is 13.7. The predicted octanol–water partition coefficient (Wildman–Crippen LogP) is 3.29. The van der Waals surface area contributed by atoms with Crippen LogP contribution in [-0.4, -0.2) is 13.6 Å². The highest BCUT2D eigenvalue weighted by Crippen LogP contribution is 2.40. The Morgan fingerprint density at radius 1 is 1.24 bits per heavy atom. The van der Waals surface area contributed by atoms with E-state index in [9.17, 15) is 8.78 Å². The molecule has 1 aliphatic rings. The first-order chi connectivity index (χ1) is 8.17. The highest BCUT2D eigenvalue weighted by Gasteiger charge is 2.34. The molecular weight excluding hydrogens is 220 g/mol. The first-order valence-electron chi connectivity index (χ1n) is 6.24. The van der Waals surface area contributed by atoms with Crippen molar-refractivity contribution in [3.63, 3.8) is 0 Å². The lowest BCUT2D eigenvalue weighted by atomic mass is 9.80. The van der Waals surface area contributed by atoms with Crippen molar-refractivity contribution in [2.45, 2.75) is 32.1 Å². The number of hydrogen-bond donors (Lipinski definition) is 1. The number of nitrogens with one attached hydrogen (secondary N) is 1. The van der Waals surface area contributed by atoms with Crippen molar-refractivity contribution in [1.82, 2.24) is 5.32 Å². The van der Waals surface area contributed by atoms with Crippen molar-refractivity contribution in [1.29, 1.82) is 0 Å². The van der Waals surface area contributed by atoms with Crippen LogP contribution in [0.25, 0.3) is 0 Å². The summed E-state index contributed by atoms with van der Waals surface area (Å²) in [5.41, 5.74) is 0.630. The maximum absolute atomic E-state index is 13.7. The molecule has 0 saturated heterocycles. The summed E-state index contributed by atoms with van der Waals surface area (Å²) >= 11 is 0. The van der Waals surface area contributed by atoms with Gasteiger partial charge in [-0.3, -0.25) is 0 Å². The van der Waals surface area contributed by atoms with Gasteiger partial charge in [-0.25, -0.2) is 8.78 Å². The third-order valence-corrected chi connectivity index (χ3v) is 3.81. The molecule has 1 saturated carbocycles. The van der Waals surface area contributed by atoms with Crippen LogP contribution in [0.15, 0.2) is 18.2 Å². The summed E-state index contributed by atoms with van der Waals surface area (Å²) in [6.07, 6.45) is 5.22. The third kappa shape index (κ3) is 2.65. The molecule has 0 unspecified atom stereocenters. The molecule has 1 N–H and O–H groups in total. The summed E-state index contributed by atoms with van der Waals surface area (Å²) in [7, 11) is 1.92. The van der Waals surface area contributed by atoms with Crippen LogP contribution >= 0.6 is 0 Å². The zero-order chi connectivity index (χ0) is 12.3. The second-order valence-corrected chi connectivity index (χ2v) is 5.13. The minimum Gasteiger partial charge on any atom is -0.319 e. The van der Waals surface area contributed by atoms with Crippen LogP contribution in [0.4, 0.5) is 8.78 Å². The minimum absolute atomic E-state index is 0.114. The van der Waals surface area contributed by atoms with Crippen LogP contribution in [0.2, 0.25) is 0 Å². The van der Waals surface area contributed by atoms with Gasteiger partial charge < -0.3 is 5.32 Å². The zero-order valence-corrected chi connectivity index (χ0v) is 10.2. The summed E-state index contributed by atoms with van der Waals surface area (Å²) in [5.74, 6) is -1.41. The number of rotatable bonds is 4. The number of halogens is 2. The lowest BCUT2D eigenvalue weighted by Gasteiger charge is -2.29. The maximum Gasteiger partial charge on any atom is 0.162 e. The summed E-state index contributed by atoms with van der Waals surface area (Å²) < 4.78 is 26.8. The highest BCUT2D eigenvalue weighted by molar-refractivity contribution is 5.21. The molecule has 1 aromatic rings. The van der Waals surface area contributed by atoms with Gasteiger partial charge in [0, 0.05) is 6.54 Å². The molecule has 1 aliphatic carbocycles. The Morgan fingerprint density at radius 3 is 2.59 bits per heavy atom. The Balaban J connectivity index is 2.20. The van der Waals surface area contributed by atoms with Crippen LogP contribution < -0.4 is 5.32 Å². The quantitative estimate of drug-likeness (QED) is 0.850. The van der Waals surface area contributed by atoms with Gasteiger partial charge >= 0.3 is 0 Å². The van der Waals surface area contributed by atoms with Gasteiger partial charge in [-0.15, -0.1) is 0 Å². The Kier molecular flexibility index (Phi) is 3.77. The summed E-state index contributed by atoms with van der Waals surface area (Å²) in [5, 5.41) is 3.19. The molecule has 0 amide bonds. The van der Waals surface area contributed by atoms with Crippen molar-refractivity contribution in [3.8, 4) is 0 Å². The first kappa shape index (κ1) is 12.5. The van der Waals surface area contributed by atoms with E-state index < -0.39 is 11.6 Å². The molecule has 94 valence electrons. The van der Waals surface area contributed by atoms with E-state index in [0.717, 1.165) is 19.4 Å². The van der Waals surface area contributed by atoms with Crippen LogP contribution in [0.3, 0.4) is 0 Å². The summed E-state index contributed by atoms with van der Waals surface area (Å²) in [6, 6.07) is 4.47. The molecule has 0 spiro atoms. The molecule has 0 bridgehead atoms. The van der Waals surface area contributed by atoms with Gasteiger partial charge in [0.15, 0.2) is 11.6 Å². The molecule has 1 nitrogen and oxygen atoms in total. The average Bonchev–Trinajstić information content (AvgIpc) is 2.74. The fourth-order valence-corrected chi connectivity index (χ4v) is 3.01. The molecule has 1 fully saturated rings. The summed E-state index contributed by atoms with van der Waals surface area (Å²) in [6.45, 7) is 0.878. The summed E-state index contributed by atoms with van der Waals surface area (Å²) in [4.78, 5) is 0. The van der Waals surface area contributed by atoms with Crippen LogP contribution in [0, 0.1) is 17.0 Å². The van der Waals surface area contributed by atoms with Crippen molar-refractivity contribution < 1.29 is 8.78 Å². The van der Waals surface area contributed by atoms with Crippen molar-refractivity contribution in [2.75, 3.05) is 13.6 Å². The van der Waals surface area contributed by atoms with E-state index in [1.165, 1.54) is 18.9 Å². The molecule has 17 heavy (non-hydrogen) atoms. The third-order valence-electron chi connectivity index (χ3n) is 3.81. The van der Waals surface area contributed by atoms with Gasteiger partial charge in [-0.1, -0.05) is 25.0 Å². The Morgan fingerprint density at radius 2 is 1.94 bits per heavy atom. The normalized spacial score (nSPS) is 18.5. The first-order valence-corrected chi connectivity index (χ1v) is 6.24. The lowest BCUT2D eigenvalue weighted by Crippen LogP contribution is -2.32. The molecule has 0 aromatic heterocycles. The van der Waals surface area contributed by atoms with Gasteiger partial charge in [-0.05, 0) is 43.4 Å². The van der Waals surface area contributed by atoms with Crippen molar-refractivity contribution >= 4 is 0 Å². The Labute approximate surface area is 101 Å². The Hall–Kier alpha value is -0.960. The number of benzene rings is 1. The minimum atomic E-state index is -0.736. The van der Waals surface area contributed by atoms with E-state index >= 15 is 0 Å². The fraction of sp³-hybridized carbons (Fsp3) is 0.571. The second-order valence-electron chi connectivity index (χ2n) is 5.13. The van der Waals surface area contributed by atoms with E-state index in [2.05, 4.69) is 5.32 Å². The molecule has 0 heterocycles. The monoisotopic (exact) mass is 239 g/mol. The standard InChI is InChI=1S/C14H19F2N/c1-17-10-14(7-2-3-8-14)9-11-5-4-6-12(15)13(11)16/h4-6,17H,2-3,7-10H2,1H3. The molecule has 3 heteroatoms. The SMILES string of the molecule is CNCC1(Cc2cccc(F)c2F)CCCC1. The highest BCUT2D eigenvalue weighted by atomic mass is 19.2. The van der Waals surface area contributed by atoms with Crippen molar-refractivity contribution in [3.05, 3.63) is 35.4 Å². The van der Waals surface area contributed by atoms with E-state index in [4.69, 9.17) is 0 Å². The average molecular weight is 239 g/mol. The van der Waals surface area contributed by atoms with E-state index in [1.807, 2.05) is 7.05 Å². The Bertz CT molecular complexity index is 384.